The van der Waals surface area contributed by atoms with Crippen molar-refractivity contribution in [2.75, 3.05) is 32.1 Å². The first-order valence-electron chi connectivity index (χ1n) is 7.86. The molecule has 0 N–H and O–H groups in total. The van der Waals surface area contributed by atoms with Gasteiger partial charge in [-0.1, -0.05) is 23.2 Å². The Bertz CT molecular complexity index is 772. The highest BCUT2D eigenvalue weighted by Crippen LogP contribution is 2.40. The number of hydrogen-bond donors (Lipinski definition) is 0. The highest BCUT2D eigenvalue weighted by Gasteiger charge is 2.30. The number of thiophene rings is 1. The molecule has 2 aromatic rings. The maximum atomic E-state index is 11.8. The van der Waals surface area contributed by atoms with E-state index < -0.39 is 0 Å². The van der Waals surface area contributed by atoms with Crippen molar-refractivity contribution in [3.05, 3.63) is 49.6 Å². The molecule has 0 bridgehead atoms. The average molecular weight is 383 g/mol. The highest BCUT2D eigenvalue weighted by atomic mass is 35.5. The highest BCUT2D eigenvalue weighted by molar-refractivity contribution is 7.14. The number of hydrogen-bond acceptors (Lipinski definition) is 4. The van der Waals surface area contributed by atoms with Gasteiger partial charge in [0.2, 0.25) is 0 Å². The summed E-state index contributed by atoms with van der Waals surface area (Å²) in [6, 6.07) is 8.05. The molecule has 0 saturated carbocycles. The van der Waals surface area contributed by atoms with Crippen LogP contribution in [0.3, 0.4) is 0 Å². The summed E-state index contributed by atoms with van der Waals surface area (Å²) in [6.45, 7) is 3.41. The van der Waals surface area contributed by atoms with Crippen LogP contribution in [0.1, 0.15) is 33.1 Å². The van der Waals surface area contributed by atoms with E-state index in [1.165, 1.54) is 10.4 Å². The van der Waals surface area contributed by atoms with E-state index in [0.717, 1.165) is 30.1 Å². The molecule has 0 radical (unpaired) electrons. The van der Waals surface area contributed by atoms with Crippen molar-refractivity contribution in [2.45, 2.75) is 19.4 Å². The molecule has 1 atom stereocenters. The zero-order valence-electron chi connectivity index (χ0n) is 14.0. The Morgan fingerprint density at radius 2 is 2.04 bits per heavy atom. The Labute approximate surface area is 156 Å². The number of halogens is 2. The maximum absolute atomic E-state index is 11.8. The molecule has 24 heavy (non-hydrogen) atoms. The Kier molecular flexibility index (Phi) is 5.21. The number of anilines is 1. The van der Waals surface area contributed by atoms with Gasteiger partial charge in [0.15, 0.2) is 5.78 Å². The minimum atomic E-state index is 0.138. The standard InChI is InChI=1S/C18H20Cl2N2OS/c1-11(23)18-9-13-16(10-21(2)3)22(7-6-17(13)24-18)12-4-5-14(19)15(20)8-12/h4-5,8-9,16H,6-7,10H2,1-3H3. The van der Waals surface area contributed by atoms with E-state index in [0.29, 0.717) is 10.0 Å². The topological polar surface area (TPSA) is 23.6 Å². The number of ketones is 1. The Morgan fingerprint density at radius 3 is 2.67 bits per heavy atom. The first-order valence-corrected chi connectivity index (χ1v) is 9.44. The summed E-state index contributed by atoms with van der Waals surface area (Å²) in [4.78, 5) is 18.5. The molecule has 0 saturated heterocycles. The predicted molar refractivity (Wildman–Crippen MR) is 103 cm³/mol. The molecule has 0 aliphatic carbocycles. The number of fused-ring (bicyclic) bond motifs is 1. The van der Waals surface area contributed by atoms with Crippen molar-refractivity contribution in [1.29, 1.82) is 0 Å². The third-order valence-corrected chi connectivity index (χ3v) is 6.33. The van der Waals surface area contributed by atoms with Crippen LogP contribution >= 0.6 is 34.5 Å². The van der Waals surface area contributed by atoms with E-state index in [1.54, 1.807) is 18.3 Å². The van der Waals surface area contributed by atoms with E-state index in [2.05, 4.69) is 30.0 Å². The predicted octanol–water partition coefficient (Wildman–Crippen LogP) is 4.92. The summed E-state index contributed by atoms with van der Waals surface area (Å²) >= 11 is 13.9. The minimum absolute atomic E-state index is 0.138. The minimum Gasteiger partial charge on any atom is -0.363 e. The molecule has 0 amide bonds. The van der Waals surface area contributed by atoms with Gasteiger partial charge in [0.1, 0.15) is 0 Å². The first kappa shape index (κ1) is 17.7. The summed E-state index contributed by atoms with van der Waals surface area (Å²) in [5, 5.41) is 1.13. The fourth-order valence-corrected chi connectivity index (χ4v) is 4.55. The SMILES string of the molecule is CC(=O)c1cc2c(s1)CCN(c1ccc(Cl)c(Cl)c1)C2CN(C)C. The van der Waals surface area contributed by atoms with Crippen LogP contribution in [-0.4, -0.2) is 37.9 Å². The lowest BCUT2D eigenvalue weighted by Crippen LogP contribution is -2.40. The van der Waals surface area contributed by atoms with E-state index in [-0.39, 0.29) is 11.8 Å². The lowest BCUT2D eigenvalue weighted by molar-refractivity contribution is 0.102. The van der Waals surface area contributed by atoms with Gasteiger partial charge in [0, 0.05) is 23.7 Å². The van der Waals surface area contributed by atoms with Gasteiger partial charge < -0.3 is 9.80 Å². The third kappa shape index (κ3) is 3.47. The number of carbonyl (C=O) groups is 1. The van der Waals surface area contributed by atoms with Crippen molar-refractivity contribution in [3.8, 4) is 0 Å². The smallest absolute Gasteiger partial charge is 0.169 e. The summed E-state index contributed by atoms with van der Waals surface area (Å²) in [5.41, 5.74) is 2.33. The zero-order valence-corrected chi connectivity index (χ0v) is 16.3. The van der Waals surface area contributed by atoms with Crippen molar-refractivity contribution in [3.63, 3.8) is 0 Å². The van der Waals surface area contributed by atoms with E-state index in [1.807, 2.05) is 18.2 Å². The number of benzene rings is 1. The number of rotatable bonds is 4. The van der Waals surface area contributed by atoms with Gasteiger partial charge in [-0.05, 0) is 57.3 Å². The molecule has 1 aliphatic heterocycles. The molecule has 1 aromatic carbocycles. The van der Waals surface area contributed by atoms with Gasteiger partial charge in [-0.15, -0.1) is 11.3 Å². The van der Waals surface area contributed by atoms with E-state index in [9.17, 15) is 4.79 Å². The number of Topliss-reactive ketones (excluding diaryl/α,β-unsaturated/α-hetero) is 1. The average Bonchev–Trinajstić information content (AvgIpc) is 2.95. The van der Waals surface area contributed by atoms with Crippen molar-refractivity contribution < 1.29 is 4.79 Å². The Morgan fingerprint density at radius 1 is 1.29 bits per heavy atom. The van der Waals surface area contributed by atoms with Crippen LogP contribution in [0.15, 0.2) is 24.3 Å². The molecule has 1 unspecified atom stereocenters. The lowest BCUT2D eigenvalue weighted by atomic mass is 9.98. The lowest BCUT2D eigenvalue weighted by Gasteiger charge is -2.39. The largest absolute Gasteiger partial charge is 0.363 e. The van der Waals surface area contributed by atoms with Crippen LogP contribution in [0.2, 0.25) is 10.0 Å². The number of carbonyl (C=O) groups excluding carboxylic acids is 1. The molecule has 2 heterocycles. The molecule has 128 valence electrons. The van der Waals surface area contributed by atoms with E-state index in [4.69, 9.17) is 23.2 Å². The molecule has 0 fully saturated rings. The zero-order chi connectivity index (χ0) is 17.4. The summed E-state index contributed by atoms with van der Waals surface area (Å²) in [6.07, 6.45) is 0.942. The monoisotopic (exact) mass is 382 g/mol. The van der Waals surface area contributed by atoms with Crippen LogP contribution in [0.5, 0.6) is 0 Å². The Hall–Kier alpha value is -1.07. The van der Waals surface area contributed by atoms with Gasteiger partial charge in [0.05, 0.1) is 21.0 Å². The molecule has 3 rings (SSSR count). The first-order chi connectivity index (χ1) is 11.4. The summed E-state index contributed by atoms with van der Waals surface area (Å²) < 4.78 is 0. The van der Waals surface area contributed by atoms with Crippen LogP contribution < -0.4 is 4.90 Å². The third-order valence-electron chi connectivity index (χ3n) is 4.28. The molecule has 1 aromatic heterocycles. The van der Waals surface area contributed by atoms with Crippen molar-refractivity contribution >= 4 is 46.0 Å². The number of nitrogens with zero attached hydrogens (tertiary/aromatic N) is 2. The quantitative estimate of drug-likeness (QED) is 0.700. The summed E-state index contributed by atoms with van der Waals surface area (Å²) in [7, 11) is 4.14. The second-order valence-electron chi connectivity index (χ2n) is 6.37. The van der Waals surface area contributed by atoms with Crippen molar-refractivity contribution in [1.82, 2.24) is 4.90 Å². The van der Waals surface area contributed by atoms with Gasteiger partial charge >= 0.3 is 0 Å². The van der Waals surface area contributed by atoms with Crippen LogP contribution in [0, 0.1) is 0 Å². The van der Waals surface area contributed by atoms with E-state index >= 15 is 0 Å². The molecular formula is C18H20Cl2N2OS. The Balaban J connectivity index is 2.02. The van der Waals surface area contributed by atoms with Gasteiger partial charge in [0.25, 0.3) is 0 Å². The van der Waals surface area contributed by atoms with Crippen LogP contribution in [0.4, 0.5) is 5.69 Å². The molecule has 0 spiro atoms. The number of likely N-dealkylation sites (N-methyl/N-ethyl adjacent to an activating group) is 1. The van der Waals surface area contributed by atoms with Crippen molar-refractivity contribution in [2.24, 2.45) is 0 Å². The normalized spacial score (nSPS) is 17.2. The summed E-state index contributed by atoms with van der Waals surface area (Å²) in [5.74, 6) is 0.138. The van der Waals surface area contributed by atoms with Gasteiger partial charge in [-0.2, -0.15) is 0 Å². The van der Waals surface area contributed by atoms with Gasteiger partial charge in [-0.3, -0.25) is 4.79 Å². The second kappa shape index (κ2) is 7.04. The van der Waals surface area contributed by atoms with Gasteiger partial charge in [-0.25, -0.2) is 0 Å². The fourth-order valence-electron chi connectivity index (χ4n) is 3.15. The van der Waals surface area contributed by atoms with Crippen LogP contribution in [0.25, 0.3) is 0 Å². The fraction of sp³-hybridized carbons (Fsp3) is 0.389. The molecule has 1 aliphatic rings. The molecule has 3 nitrogen and oxygen atoms in total. The molecule has 6 heteroatoms. The van der Waals surface area contributed by atoms with Crippen LogP contribution in [-0.2, 0) is 6.42 Å². The molecular weight excluding hydrogens is 363 g/mol. The second-order valence-corrected chi connectivity index (χ2v) is 8.32. The maximum Gasteiger partial charge on any atom is 0.169 e.